The number of methoxy groups -OCH3 is 1. The van der Waals surface area contributed by atoms with Crippen LogP contribution in [0.4, 0.5) is 5.69 Å². The van der Waals surface area contributed by atoms with Gasteiger partial charge >= 0.3 is 0 Å². The van der Waals surface area contributed by atoms with Crippen molar-refractivity contribution in [3.05, 3.63) is 59.6 Å². The molecule has 0 fully saturated rings. The molecule has 0 spiro atoms. The number of hydrogen-bond acceptors (Lipinski definition) is 6. The maximum Gasteiger partial charge on any atom is 0.243 e. The van der Waals surface area contributed by atoms with Crippen molar-refractivity contribution in [3.63, 3.8) is 0 Å². The Morgan fingerprint density at radius 2 is 1.83 bits per heavy atom. The van der Waals surface area contributed by atoms with E-state index in [4.69, 9.17) is 20.8 Å². The van der Waals surface area contributed by atoms with Crippen LogP contribution in [0, 0.1) is 0 Å². The zero-order valence-electron chi connectivity index (χ0n) is 17.1. The Bertz CT molecular complexity index is 1090. The van der Waals surface area contributed by atoms with Gasteiger partial charge in [0.1, 0.15) is 5.75 Å². The quantitative estimate of drug-likeness (QED) is 0.512. The summed E-state index contributed by atoms with van der Waals surface area (Å²) in [6.45, 7) is 4.68. The minimum absolute atomic E-state index is 0.198. The minimum atomic E-state index is -3.58. The van der Waals surface area contributed by atoms with Gasteiger partial charge in [-0.2, -0.15) is 4.31 Å². The Labute approximate surface area is 181 Å². The average molecular weight is 450 g/mol. The number of anilines is 1. The van der Waals surface area contributed by atoms with Crippen molar-refractivity contribution in [2.24, 2.45) is 0 Å². The van der Waals surface area contributed by atoms with Gasteiger partial charge in [0.2, 0.25) is 15.9 Å². The van der Waals surface area contributed by atoms with Crippen LogP contribution in [0.1, 0.15) is 19.7 Å². The smallest absolute Gasteiger partial charge is 0.243 e. The van der Waals surface area contributed by atoms with E-state index in [1.165, 1.54) is 11.4 Å². The van der Waals surface area contributed by atoms with Gasteiger partial charge in [0.05, 0.1) is 30.4 Å². The summed E-state index contributed by atoms with van der Waals surface area (Å²) < 4.78 is 38.2. The third-order valence-corrected chi connectivity index (χ3v) is 6.92. The summed E-state index contributed by atoms with van der Waals surface area (Å²) in [5.74, 6) is 1.60. The molecule has 1 N–H and O–H groups in total. The van der Waals surface area contributed by atoms with E-state index in [1.54, 1.807) is 36.5 Å². The van der Waals surface area contributed by atoms with Crippen LogP contribution in [0.25, 0.3) is 11.3 Å². The van der Waals surface area contributed by atoms with Crippen molar-refractivity contribution < 1.29 is 17.6 Å². The first kappa shape index (κ1) is 22.1. The Morgan fingerprint density at radius 1 is 1.13 bits per heavy atom. The second-order valence-electron chi connectivity index (χ2n) is 6.43. The highest BCUT2D eigenvalue weighted by atomic mass is 35.5. The third kappa shape index (κ3) is 4.77. The van der Waals surface area contributed by atoms with Crippen LogP contribution in [0.15, 0.2) is 58.0 Å². The molecule has 0 unspecified atom stereocenters. The first-order valence-electron chi connectivity index (χ1n) is 9.51. The van der Waals surface area contributed by atoms with Crippen molar-refractivity contribution in [2.75, 3.05) is 25.5 Å². The Morgan fingerprint density at radius 3 is 2.47 bits per heavy atom. The van der Waals surface area contributed by atoms with Crippen molar-refractivity contribution in [1.82, 2.24) is 9.29 Å². The minimum Gasteiger partial charge on any atom is -0.495 e. The number of benzene rings is 2. The Kier molecular flexibility index (Phi) is 7.02. The molecular weight excluding hydrogens is 426 g/mol. The van der Waals surface area contributed by atoms with Gasteiger partial charge in [0, 0.05) is 23.7 Å². The maximum atomic E-state index is 12.8. The highest BCUT2D eigenvalue weighted by Gasteiger charge is 2.23. The van der Waals surface area contributed by atoms with E-state index in [2.05, 4.69) is 10.3 Å². The number of aromatic nitrogens is 1. The number of nitrogens with one attached hydrogen (secondary N) is 1. The summed E-state index contributed by atoms with van der Waals surface area (Å²) in [4.78, 5) is 4.48. The molecule has 0 saturated carbocycles. The highest BCUT2D eigenvalue weighted by molar-refractivity contribution is 7.89. The molecule has 0 saturated heterocycles. The second-order valence-corrected chi connectivity index (χ2v) is 8.80. The lowest BCUT2D eigenvalue weighted by Gasteiger charge is -2.19. The lowest BCUT2D eigenvalue weighted by atomic mass is 10.2. The van der Waals surface area contributed by atoms with Gasteiger partial charge in [0.15, 0.2) is 5.76 Å². The van der Waals surface area contributed by atoms with Crippen molar-refractivity contribution in [2.45, 2.75) is 25.3 Å². The fraction of sp³-hybridized carbons (Fsp3) is 0.286. The van der Waals surface area contributed by atoms with Crippen LogP contribution in [0.3, 0.4) is 0 Å². The van der Waals surface area contributed by atoms with E-state index in [0.29, 0.717) is 41.2 Å². The van der Waals surface area contributed by atoms with Crippen LogP contribution in [0.5, 0.6) is 5.75 Å². The number of rotatable bonds is 9. The van der Waals surface area contributed by atoms with E-state index >= 15 is 0 Å². The molecule has 0 bridgehead atoms. The molecule has 3 aromatic rings. The molecule has 30 heavy (non-hydrogen) atoms. The van der Waals surface area contributed by atoms with Crippen molar-refractivity contribution in [1.29, 1.82) is 0 Å². The summed E-state index contributed by atoms with van der Waals surface area (Å²) in [6.07, 6.45) is 1.64. The van der Waals surface area contributed by atoms with E-state index < -0.39 is 10.0 Å². The van der Waals surface area contributed by atoms with Crippen LogP contribution in [0.2, 0.25) is 5.02 Å². The van der Waals surface area contributed by atoms with Crippen LogP contribution >= 0.6 is 11.6 Å². The standard InChI is InChI=1S/C21H24ClN3O4S/c1-4-25(5-2)30(26,27)17-10-11-19(28-3)18(12-17)23-14-21-24-13-20(29-21)15-6-8-16(22)9-7-15/h6-13,23H,4-5,14H2,1-3H3. The van der Waals surface area contributed by atoms with Gasteiger partial charge in [-0.1, -0.05) is 25.4 Å². The maximum absolute atomic E-state index is 12.8. The number of oxazole rings is 1. The molecule has 7 nitrogen and oxygen atoms in total. The first-order chi connectivity index (χ1) is 14.4. The first-order valence-corrected chi connectivity index (χ1v) is 11.3. The zero-order chi connectivity index (χ0) is 21.7. The molecule has 0 amide bonds. The van der Waals surface area contributed by atoms with Gasteiger partial charge in [-0.15, -0.1) is 0 Å². The van der Waals surface area contributed by atoms with Crippen molar-refractivity contribution in [3.8, 4) is 17.1 Å². The zero-order valence-corrected chi connectivity index (χ0v) is 18.6. The van der Waals surface area contributed by atoms with Gasteiger partial charge in [0.25, 0.3) is 0 Å². The molecule has 0 aliphatic rings. The topological polar surface area (TPSA) is 84.7 Å². The van der Waals surface area contributed by atoms with E-state index in [-0.39, 0.29) is 11.4 Å². The normalized spacial score (nSPS) is 11.6. The summed E-state index contributed by atoms with van der Waals surface area (Å²) >= 11 is 5.92. The van der Waals surface area contributed by atoms with E-state index in [0.717, 1.165) is 5.56 Å². The Hall–Kier alpha value is -2.55. The van der Waals surface area contributed by atoms with Gasteiger partial charge in [-0.3, -0.25) is 0 Å². The number of nitrogens with zero attached hydrogens (tertiary/aromatic N) is 2. The monoisotopic (exact) mass is 449 g/mol. The number of sulfonamides is 1. The summed E-state index contributed by atoms with van der Waals surface area (Å²) in [7, 11) is -2.05. The van der Waals surface area contributed by atoms with Crippen LogP contribution < -0.4 is 10.1 Å². The molecule has 2 aromatic carbocycles. The summed E-state index contributed by atoms with van der Waals surface area (Å²) in [5, 5.41) is 3.80. The van der Waals surface area contributed by atoms with Gasteiger partial charge in [-0.05, 0) is 42.5 Å². The lowest BCUT2D eigenvalue weighted by Crippen LogP contribution is -2.30. The molecule has 0 aliphatic carbocycles. The molecule has 9 heteroatoms. The predicted molar refractivity (Wildman–Crippen MR) is 117 cm³/mol. The molecule has 3 rings (SSSR count). The van der Waals surface area contributed by atoms with E-state index in [9.17, 15) is 8.42 Å². The fourth-order valence-electron chi connectivity index (χ4n) is 3.01. The molecule has 1 heterocycles. The molecule has 0 radical (unpaired) electrons. The SMILES string of the molecule is CCN(CC)S(=O)(=O)c1ccc(OC)c(NCc2ncc(-c3ccc(Cl)cc3)o2)c1. The predicted octanol–water partition coefficient (Wildman–Crippen LogP) is 4.65. The largest absolute Gasteiger partial charge is 0.495 e. The highest BCUT2D eigenvalue weighted by Crippen LogP contribution is 2.30. The number of hydrogen-bond donors (Lipinski definition) is 1. The summed E-state index contributed by atoms with van der Waals surface area (Å²) in [5.41, 5.74) is 1.40. The number of halogens is 1. The lowest BCUT2D eigenvalue weighted by molar-refractivity contribution is 0.415. The second kappa shape index (κ2) is 9.51. The van der Waals surface area contributed by atoms with Gasteiger partial charge in [-0.25, -0.2) is 13.4 Å². The fourth-order valence-corrected chi connectivity index (χ4v) is 4.62. The molecule has 0 atom stereocenters. The Balaban J connectivity index is 1.80. The van der Waals surface area contributed by atoms with Crippen LogP contribution in [-0.2, 0) is 16.6 Å². The number of ether oxygens (including phenoxy) is 1. The average Bonchev–Trinajstić information content (AvgIpc) is 3.22. The third-order valence-electron chi connectivity index (χ3n) is 4.63. The molecule has 160 valence electrons. The van der Waals surface area contributed by atoms with Gasteiger partial charge < -0.3 is 14.5 Å². The molecular formula is C21H24ClN3O4S. The summed E-state index contributed by atoms with van der Waals surface area (Å²) in [6, 6.07) is 12.0. The molecule has 0 aliphatic heterocycles. The molecule has 1 aromatic heterocycles. The van der Waals surface area contributed by atoms with Crippen LogP contribution in [-0.4, -0.2) is 37.9 Å². The van der Waals surface area contributed by atoms with Crippen molar-refractivity contribution >= 4 is 27.3 Å². The van der Waals surface area contributed by atoms with E-state index in [1.807, 2.05) is 26.0 Å².